The molecule has 0 aliphatic carbocycles. The lowest BCUT2D eigenvalue weighted by Crippen LogP contribution is -2.55. The third kappa shape index (κ3) is 3.78. The SMILES string of the molecule is CC1(C)CN(c2ncc(C(F)(F)F)cc2Cl)CC(CN)O1. The average molecular weight is 324 g/mol. The number of rotatable bonds is 2. The van der Waals surface area contributed by atoms with Crippen LogP contribution in [0.25, 0.3) is 0 Å². The fraction of sp³-hybridized carbons (Fsp3) is 0.615. The van der Waals surface area contributed by atoms with E-state index in [-0.39, 0.29) is 11.1 Å². The van der Waals surface area contributed by atoms with Crippen LogP contribution in [-0.4, -0.2) is 36.3 Å². The third-order valence-corrected chi connectivity index (χ3v) is 3.47. The molecule has 0 amide bonds. The summed E-state index contributed by atoms with van der Waals surface area (Å²) in [7, 11) is 0. The number of aromatic nitrogens is 1. The van der Waals surface area contributed by atoms with E-state index in [1.54, 1.807) is 0 Å². The number of ether oxygens (including phenoxy) is 1. The predicted octanol–water partition coefficient (Wildman–Crippen LogP) is 2.70. The van der Waals surface area contributed by atoms with Crippen molar-refractivity contribution >= 4 is 17.4 Å². The Labute approximate surface area is 126 Å². The van der Waals surface area contributed by atoms with E-state index in [1.807, 2.05) is 18.7 Å². The summed E-state index contributed by atoms with van der Waals surface area (Å²) in [4.78, 5) is 5.69. The van der Waals surface area contributed by atoms with E-state index in [4.69, 9.17) is 22.1 Å². The minimum atomic E-state index is -4.46. The number of anilines is 1. The van der Waals surface area contributed by atoms with Crippen molar-refractivity contribution in [2.45, 2.75) is 31.7 Å². The molecule has 1 saturated heterocycles. The highest BCUT2D eigenvalue weighted by Gasteiger charge is 2.36. The van der Waals surface area contributed by atoms with E-state index in [9.17, 15) is 13.2 Å². The van der Waals surface area contributed by atoms with Gasteiger partial charge in [-0.1, -0.05) is 11.6 Å². The molecular weight excluding hydrogens is 307 g/mol. The number of nitrogens with two attached hydrogens (primary N) is 1. The molecular formula is C13H17ClF3N3O. The fourth-order valence-electron chi connectivity index (χ4n) is 2.40. The van der Waals surface area contributed by atoms with Crippen LogP contribution in [0.5, 0.6) is 0 Å². The van der Waals surface area contributed by atoms with Crippen LogP contribution in [-0.2, 0) is 10.9 Å². The van der Waals surface area contributed by atoms with Crippen LogP contribution >= 0.6 is 11.6 Å². The van der Waals surface area contributed by atoms with Crippen LogP contribution in [0, 0.1) is 0 Å². The van der Waals surface area contributed by atoms with Crippen molar-refractivity contribution in [3.63, 3.8) is 0 Å². The minimum Gasteiger partial charge on any atom is -0.367 e. The van der Waals surface area contributed by atoms with Crippen LogP contribution in [0.4, 0.5) is 19.0 Å². The third-order valence-electron chi connectivity index (χ3n) is 3.19. The predicted molar refractivity (Wildman–Crippen MR) is 74.5 cm³/mol. The zero-order valence-corrected chi connectivity index (χ0v) is 12.5. The van der Waals surface area contributed by atoms with E-state index < -0.39 is 17.3 Å². The molecule has 8 heteroatoms. The molecule has 21 heavy (non-hydrogen) atoms. The Hall–Kier alpha value is -1.05. The summed E-state index contributed by atoms with van der Waals surface area (Å²) in [5, 5.41) is -0.0294. The maximum absolute atomic E-state index is 12.6. The molecule has 0 saturated carbocycles. The Morgan fingerprint density at radius 1 is 1.52 bits per heavy atom. The average Bonchev–Trinajstić information content (AvgIpc) is 2.35. The smallest absolute Gasteiger partial charge is 0.367 e. The molecule has 0 radical (unpaired) electrons. The molecule has 0 spiro atoms. The second-order valence-electron chi connectivity index (χ2n) is 5.64. The summed E-state index contributed by atoms with van der Waals surface area (Å²) in [5.41, 5.74) is 4.29. The number of hydrogen-bond acceptors (Lipinski definition) is 4. The lowest BCUT2D eigenvalue weighted by molar-refractivity contribution is -0.137. The molecule has 2 N–H and O–H groups in total. The molecule has 1 atom stereocenters. The van der Waals surface area contributed by atoms with Crippen LogP contribution in [0.3, 0.4) is 0 Å². The van der Waals surface area contributed by atoms with Crippen molar-refractivity contribution in [1.82, 2.24) is 4.98 Å². The zero-order chi connectivity index (χ0) is 15.8. The Balaban J connectivity index is 2.29. The van der Waals surface area contributed by atoms with Gasteiger partial charge in [-0.05, 0) is 19.9 Å². The number of halogens is 4. The molecule has 1 fully saturated rings. The van der Waals surface area contributed by atoms with E-state index in [2.05, 4.69) is 4.98 Å². The van der Waals surface area contributed by atoms with Gasteiger partial charge >= 0.3 is 6.18 Å². The second-order valence-corrected chi connectivity index (χ2v) is 6.05. The van der Waals surface area contributed by atoms with Crippen molar-refractivity contribution in [3.8, 4) is 0 Å². The van der Waals surface area contributed by atoms with Gasteiger partial charge in [0.15, 0.2) is 0 Å². The van der Waals surface area contributed by atoms with Crippen LogP contribution < -0.4 is 10.6 Å². The van der Waals surface area contributed by atoms with Gasteiger partial charge in [-0.2, -0.15) is 13.2 Å². The number of morpholine rings is 1. The maximum atomic E-state index is 12.6. The minimum absolute atomic E-state index is 0.0294. The van der Waals surface area contributed by atoms with E-state index in [0.29, 0.717) is 25.5 Å². The Kier molecular flexibility index (Phi) is 4.37. The van der Waals surface area contributed by atoms with Gasteiger partial charge in [0, 0.05) is 25.8 Å². The molecule has 4 nitrogen and oxygen atoms in total. The highest BCUT2D eigenvalue weighted by Crippen LogP contribution is 2.35. The van der Waals surface area contributed by atoms with Crippen molar-refractivity contribution < 1.29 is 17.9 Å². The first-order valence-corrected chi connectivity index (χ1v) is 6.86. The van der Waals surface area contributed by atoms with E-state index in [0.717, 1.165) is 12.3 Å². The van der Waals surface area contributed by atoms with Crippen LogP contribution in [0.1, 0.15) is 19.4 Å². The Morgan fingerprint density at radius 2 is 2.19 bits per heavy atom. The standard InChI is InChI=1S/C13H17ClF3N3O/c1-12(2)7-20(6-9(4-18)21-12)11-10(14)3-8(5-19-11)13(15,16)17/h3,5,9H,4,6-7,18H2,1-2H3. The second kappa shape index (κ2) is 5.62. The van der Waals surface area contributed by atoms with Crippen molar-refractivity contribution in [2.75, 3.05) is 24.5 Å². The summed E-state index contributed by atoms with van der Waals surface area (Å²) in [6, 6.07) is 0.893. The van der Waals surface area contributed by atoms with Gasteiger partial charge in [0.05, 0.1) is 22.3 Å². The van der Waals surface area contributed by atoms with Gasteiger partial charge in [0.1, 0.15) is 5.82 Å². The largest absolute Gasteiger partial charge is 0.417 e. The number of nitrogens with zero attached hydrogens (tertiary/aromatic N) is 2. The number of pyridine rings is 1. The Bertz CT molecular complexity index is 522. The van der Waals surface area contributed by atoms with Crippen molar-refractivity contribution in [1.29, 1.82) is 0 Å². The van der Waals surface area contributed by atoms with E-state index in [1.165, 1.54) is 0 Å². The van der Waals surface area contributed by atoms with Gasteiger partial charge in [-0.3, -0.25) is 0 Å². The van der Waals surface area contributed by atoms with E-state index >= 15 is 0 Å². The van der Waals surface area contributed by atoms with Crippen LogP contribution in [0.15, 0.2) is 12.3 Å². The zero-order valence-electron chi connectivity index (χ0n) is 11.7. The molecule has 1 aromatic rings. The monoisotopic (exact) mass is 323 g/mol. The normalized spacial score (nSPS) is 22.4. The Morgan fingerprint density at radius 3 is 2.71 bits per heavy atom. The first-order chi connectivity index (χ1) is 9.62. The molecule has 1 aliphatic rings. The lowest BCUT2D eigenvalue weighted by atomic mass is 10.0. The summed E-state index contributed by atoms with van der Waals surface area (Å²) < 4.78 is 43.7. The molecule has 1 aromatic heterocycles. The van der Waals surface area contributed by atoms with Gasteiger partial charge in [0.2, 0.25) is 0 Å². The molecule has 1 aliphatic heterocycles. The summed E-state index contributed by atoms with van der Waals surface area (Å²) >= 11 is 5.98. The summed E-state index contributed by atoms with van der Waals surface area (Å²) in [6.07, 6.45) is -3.88. The van der Waals surface area contributed by atoms with Crippen molar-refractivity contribution in [3.05, 3.63) is 22.8 Å². The van der Waals surface area contributed by atoms with Gasteiger partial charge in [-0.25, -0.2) is 4.98 Å². The molecule has 0 aromatic carbocycles. The maximum Gasteiger partial charge on any atom is 0.417 e. The van der Waals surface area contributed by atoms with Gasteiger partial charge in [-0.15, -0.1) is 0 Å². The quantitative estimate of drug-likeness (QED) is 0.909. The summed E-state index contributed by atoms with van der Waals surface area (Å²) in [6.45, 7) is 5.01. The van der Waals surface area contributed by atoms with Gasteiger partial charge in [0.25, 0.3) is 0 Å². The first kappa shape index (κ1) is 16.3. The lowest BCUT2D eigenvalue weighted by Gasteiger charge is -2.43. The van der Waals surface area contributed by atoms with Crippen LogP contribution in [0.2, 0.25) is 5.02 Å². The number of hydrogen-bond donors (Lipinski definition) is 1. The summed E-state index contributed by atoms with van der Waals surface area (Å²) in [5.74, 6) is 0.319. The van der Waals surface area contributed by atoms with Gasteiger partial charge < -0.3 is 15.4 Å². The molecule has 118 valence electrons. The topological polar surface area (TPSA) is 51.4 Å². The highest BCUT2D eigenvalue weighted by atomic mass is 35.5. The molecule has 1 unspecified atom stereocenters. The fourth-order valence-corrected chi connectivity index (χ4v) is 2.68. The first-order valence-electron chi connectivity index (χ1n) is 6.48. The molecule has 2 rings (SSSR count). The highest BCUT2D eigenvalue weighted by molar-refractivity contribution is 6.33. The molecule has 2 heterocycles. The number of alkyl halides is 3. The van der Waals surface area contributed by atoms with Crippen molar-refractivity contribution in [2.24, 2.45) is 5.73 Å². The molecule has 0 bridgehead atoms.